The Bertz CT molecular complexity index is 1150. The number of nitrogens with one attached hydrogen (secondary N) is 1. The molecule has 1 aromatic carbocycles. The summed E-state index contributed by atoms with van der Waals surface area (Å²) in [7, 11) is 0. The summed E-state index contributed by atoms with van der Waals surface area (Å²) >= 11 is 0. The summed E-state index contributed by atoms with van der Waals surface area (Å²) in [5.41, 5.74) is 1.17. The number of aromatic nitrogens is 4. The van der Waals surface area contributed by atoms with Crippen molar-refractivity contribution in [2.75, 3.05) is 0 Å². The van der Waals surface area contributed by atoms with Crippen molar-refractivity contribution in [3.8, 4) is 22.7 Å². The van der Waals surface area contributed by atoms with E-state index >= 15 is 0 Å². The molecule has 0 aliphatic heterocycles. The maximum Gasteiger partial charge on any atom is 0.407 e. The van der Waals surface area contributed by atoms with E-state index in [-0.39, 0.29) is 24.1 Å². The topological polar surface area (TPSA) is 91.2 Å². The fourth-order valence-electron chi connectivity index (χ4n) is 4.34. The molecule has 3 aromatic rings. The number of halogens is 1. The van der Waals surface area contributed by atoms with Crippen LogP contribution in [-0.2, 0) is 4.74 Å². The molecule has 1 atom stereocenters. The van der Waals surface area contributed by atoms with Crippen molar-refractivity contribution in [3.05, 3.63) is 55.0 Å². The van der Waals surface area contributed by atoms with Gasteiger partial charge < -0.3 is 14.8 Å². The number of carbonyl (C=O) groups is 1. The zero-order valence-electron chi connectivity index (χ0n) is 20.6. The van der Waals surface area contributed by atoms with Gasteiger partial charge in [0.05, 0.1) is 18.5 Å². The Morgan fingerprint density at radius 3 is 2.63 bits per heavy atom. The summed E-state index contributed by atoms with van der Waals surface area (Å²) in [5, 5.41) is 7.28. The number of alkyl carbamates (subject to hydrolysis) is 1. The first-order valence-electron chi connectivity index (χ1n) is 12.0. The predicted molar refractivity (Wildman–Crippen MR) is 130 cm³/mol. The van der Waals surface area contributed by atoms with Crippen LogP contribution in [0.15, 0.2) is 49.2 Å². The van der Waals surface area contributed by atoms with Crippen molar-refractivity contribution in [2.45, 2.75) is 71.1 Å². The summed E-state index contributed by atoms with van der Waals surface area (Å²) in [4.78, 5) is 20.6. The fourth-order valence-corrected chi connectivity index (χ4v) is 4.34. The highest BCUT2D eigenvalue weighted by atomic mass is 19.1. The molecular formula is C26H32FN5O3. The number of hydrogen-bond acceptors (Lipinski definition) is 6. The molecule has 0 bridgehead atoms. The highest BCUT2D eigenvalue weighted by molar-refractivity contribution is 5.68. The SMILES string of the molecule is CC(Oc1cncnc1-c1cnn(-c2ccccc2F)c1)[C@H]1CC[C@@H](NC(=O)OC(C)(C)C)CC1. The minimum absolute atomic E-state index is 0.0659. The van der Waals surface area contributed by atoms with Gasteiger partial charge in [0.15, 0.2) is 5.75 Å². The van der Waals surface area contributed by atoms with E-state index in [9.17, 15) is 9.18 Å². The minimum Gasteiger partial charge on any atom is -0.487 e. The molecule has 9 heteroatoms. The van der Waals surface area contributed by atoms with Crippen LogP contribution >= 0.6 is 0 Å². The summed E-state index contributed by atoms with van der Waals surface area (Å²) < 4.78 is 27.3. The Labute approximate surface area is 204 Å². The van der Waals surface area contributed by atoms with Gasteiger partial charge >= 0.3 is 6.09 Å². The van der Waals surface area contributed by atoms with E-state index in [1.54, 1.807) is 36.8 Å². The molecule has 1 amide bonds. The lowest BCUT2D eigenvalue weighted by atomic mass is 9.83. The molecule has 2 heterocycles. The van der Waals surface area contributed by atoms with Crippen LogP contribution in [0.25, 0.3) is 16.9 Å². The van der Waals surface area contributed by atoms with Gasteiger partial charge in [0.2, 0.25) is 0 Å². The minimum atomic E-state index is -0.509. The van der Waals surface area contributed by atoms with Gasteiger partial charge in [-0.25, -0.2) is 23.8 Å². The number of ether oxygens (including phenoxy) is 2. The summed E-state index contributed by atoms with van der Waals surface area (Å²) in [6.45, 7) is 7.62. The van der Waals surface area contributed by atoms with Gasteiger partial charge in [-0.05, 0) is 71.4 Å². The van der Waals surface area contributed by atoms with Crippen LogP contribution < -0.4 is 10.1 Å². The third kappa shape index (κ3) is 6.35. The van der Waals surface area contributed by atoms with Gasteiger partial charge in [-0.3, -0.25) is 0 Å². The summed E-state index contributed by atoms with van der Waals surface area (Å²) in [6, 6.07) is 6.57. The quantitative estimate of drug-likeness (QED) is 0.512. The molecule has 1 aliphatic rings. The Morgan fingerprint density at radius 1 is 1.17 bits per heavy atom. The van der Waals surface area contributed by atoms with Gasteiger partial charge in [0, 0.05) is 17.8 Å². The molecule has 0 saturated heterocycles. The largest absolute Gasteiger partial charge is 0.487 e. The lowest BCUT2D eigenvalue weighted by molar-refractivity contribution is 0.0471. The van der Waals surface area contributed by atoms with Crippen LogP contribution in [0.2, 0.25) is 0 Å². The molecule has 35 heavy (non-hydrogen) atoms. The Kier molecular flexibility index (Phi) is 7.33. The first kappa shape index (κ1) is 24.6. The van der Waals surface area contributed by atoms with Gasteiger partial charge in [0.25, 0.3) is 0 Å². The zero-order valence-corrected chi connectivity index (χ0v) is 20.6. The normalized spacial score (nSPS) is 19.1. The standard InChI is InChI=1S/C26H32FN5O3/c1-17(18-9-11-20(12-10-18)31-25(33)35-26(2,3)4)34-23-14-28-16-29-24(23)19-13-30-32(15-19)22-8-6-5-7-21(22)27/h5-8,13-18,20H,9-12H2,1-4H3,(H,31,33)/t17?,18-,20+. The molecule has 0 spiro atoms. The average Bonchev–Trinajstić information content (AvgIpc) is 3.29. The molecule has 4 rings (SSSR count). The first-order valence-corrected chi connectivity index (χ1v) is 12.0. The van der Waals surface area contributed by atoms with Crippen molar-refractivity contribution in [1.29, 1.82) is 0 Å². The van der Waals surface area contributed by atoms with Crippen molar-refractivity contribution >= 4 is 6.09 Å². The number of amides is 1. The number of nitrogens with zero attached hydrogens (tertiary/aromatic N) is 4. The van der Waals surface area contributed by atoms with Gasteiger partial charge in [-0.1, -0.05) is 12.1 Å². The molecule has 1 aliphatic carbocycles. The Balaban J connectivity index is 1.38. The van der Waals surface area contributed by atoms with Crippen molar-refractivity contribution in [1.82, 2.24) is 25.1 Å². The summed E-state index contributed by atoms with van der Waals surface area (Å²) in [6.07, 6.45) is 9.62. The predicted octanol–water partition coefficient (Wildman–Crippen LogP) is 5.32. The Morgan fingerprint density at radius 2 is 1.91 bits per heavy atom. The maximum absolute atomic E-state index is 14.2. The third-order valence-corrected chi connectivity index (χ3v) is 6.10. The molecule has 1 N–H and O–H groups in total. The zero-order chi connectivity index (χ0) is 25.0. The number of benzene rings is 1. The van der Waals surface area contributed by atoms with Crippen LogP contribution in [-0.4, -0.2) is 43.6 Å². The number of carbonyl (C=O) groups excluding carboxylic acids is 1. The lowest BCUT2D eigenvalue weighted by Crippen LogP contribution is -2.42. The second-order valence-corrected chi connectivity index (χ2v) is 9.94. The second kappa shape index (κ2) is 10.4. The smallest absolute Gasteiger partial charge is 0.407 e. The van der Waals surface area contributed by atoms with Gasteiger partial charge in [0.1, 0.15) is 29.1 Å². The van der Waals surface area contributed by atoms with Crippen LogP contribution in [0.5, 0.6) is 5.75 Å². The van der Waals surface area contributed by atoms with Crippen molar-refractivity contribution < 1.29 is 18.7 Å². The third-order valence-electron chi connectivity index (χ3n) is 6.10. The summed E-state index contributed by atoms with van der Waals surface area (Å²) in [5.74, 6) is 0.537. The Hall–Kier alpha value is -3.49. The van der Waals surface area contributed by atoms with E-state index in [1.807, 2.05) is 27.7 Å². The molecular weight excluding hydrogens is 449 g/mol. The van der Waals surface area contributed by atoms with Crippen molar-refractivity contribution in [3.63, 3.8) is 0 Å². The van der Waals surface area contributed by atoms with Crippen LogP contribution in [0.3, 0.4) is 0 Å². The number of hydrogen-bond donors (Lipinski definition) is 1. The number of rotatable bonds is 6. The van der Waals surface area contributed by atoms with Crippen LogP contribution in [0, 0.1) is 11.7 Å². The molecule has 2 aromatic heterocycles. The van der Waals surface area contributed by atoms with Crippen LogP contribution in [0.1, 0.15) is 53.4 Å². The fraction of sp³-hybridized carbons (Fsp3) is 0.462. The molecule has 0 radical (unpaired) electrons. The van der Waals surface area contributed by atoms with E-state index in [4.69, 9.17) is 9.47 Å². The number of para-hydroxylation sites is 1. The molecule has 1 saturated carbocycles. The maximum atomic E-state index is 14.2. The highest BCUT2D eigenvalue weighted by Gasteiger charge is 2.29. The van der Waals surface area contributed by atoms with E-state index in [1.165, 1.54) is 17.1 Å². The monoisotopic (exact) mass is 481 g/mol. The van der Waals surface area contributed by atoms with E-state index in [2.05, 4.69) is 20.4 Å². The van der Waals surface area contributed by atoms with E-state index in [0.717, 1.165) is 25.7 Å². The molecule has 8 nitrogen and oxygen atoms in total. The lowest BCUT2D eigenvalue weighted by Gasteiger charge is -2.33. The molecule has 1 unspecified atom stereocenters. The van der Waals surface area contributed by atoms with Crippen molar-refractivity contribution in [2.24, 2.45) is 5.92 Å². The van der Waals surface area contributed by atoms with E-state index in [0.29, 0.717) is 28.6 Å². The van der Waals surface area contributed by atoms with E-state index < -0.39 is 5.60 Å². The van der Waals surface area contributed by atoms with Crippen LogP contribution in [0.4, 0.5) is 9.18 Å². The van der Waals surface area contributed by atoms with Gasteiger partial charge in [-0.2, -0.15) is 5.10 Å². The first-order chi connectivity index (χ1) is 16.7. The highest BCUT2D eigenvalue weighted by Crippen LogP contribution is 2.33. The second-order valence-electron chi connectivity index (χ2n) is 9.94. The molecule has 1 fully saturated rings. The molecule has 186 valence electrons. The van der Waals surface area contributed by atoms with Gasteiger partial charge in [-0.15, -0.1) is 0 Å². The average molecular weight is 482 g/mol.